The van der Waals surface area contributed by atoms with Crippen LogP contribution in [0.2, 0.25) is 0 Å². The monoisotopic (exact) mass is 338 g/mol. The number of fused-ring (bicyclic) bond motifs is 1. The fourth-order valence-electron chi connectivity index (χ4n) is 2.19. The molecule has 0 spiro atoms. The minimum absolute atomic E-state index is 0.0844. The van der Waals surface area contributed by atoms with E-state index in [1.54, 1.807) is 20.0 Å². The first-order valence-corrected chi connectivity index (χ1v) is 7.16. The van der Waals surface area contributed by atoms with Gasteiger partial charge in [0, 0.05) is 22.6 Å². The lowest BCUT2D eigenvalue weighted by Gasteiger charge is -2.13. The molecule has 0 radical (unpaired) electrons. The lowest BCUT2D eigenvalue weighted by Crippen LogP contribution is -2.29. The van der Waals surface area contributed by atoms with Gasteiger partial charge in [-0.25, -0.2) is 9.78 Å². The van der Waals surface area contributed by atoms with Crippen LogP contribution in [0.1, 0.15) is 29.8 Å². The quantitative estimate of drug-likeness (QED) is 0.807. The molecular formula is C14H15BrN2O3. The summed E-state index contributed by atoms with van der Waals surface area (Å²) in [6, 6.07) is 1.85. The molecule has 0 aromatic carbocycles. The number of halogens is 1. The summed E-state index contributed by atoms with van der Waals surface area (Å²) in [6.07, 6.45) is 1.64. The fraction of sp³-hybridized carbons (Fsp3) is 0.357. The third-order valence-electron chi connectivity index (χ3n) is 3.12. The summed E-state index contributed by atoms with van der Waals surface area (Å²) in [5.41, 5.74) is 0.903. The second-order valence-corrected chi connectivity index (χ2v) is 5.21. The van der Waals surface area contributed by atoms with Gasteiger partial charge in [0.25, 0.3) is 5.56 Å². The second-order valence-electron chi connectivity index (χ2n) is 4.29. The number of hydrogen-bond donors (Lipinski definition) is 0. The number of esters is 1. The van der Waals surface area contributed by atoms with Gasteiger partial charge in [-0.2, -0.15) is 0 Å². The maximum Gasteiger partial charge on any atom is 0.344 e. The molecule has 2 aromatic rings. The highest BCUT2D eigenvalue weighted by Crippen LogP contribution is 2.22. The van der Waals surface area contributed by atoms with Crippen LogP contribution in [0.5, 0.6) is 0 Å². The van der Waals surface area contributed by atoms with E-state index in [0.29, 0.717) is 17.8 Å². The van der Waals surface area contributed by atoms with E-state index in [1.165, 1.54) is 4.57 Å². The highest BCUT2D eigenvalue weighted by Gasteiger charge is 2.21. The number of ether oxygens (including phenoxy) is 1. The molecule has 2 aromatic heterocycles. The minimum atomic E-state index is -0.584. The van der Waals surface area contributed by atoms with Crippen molar-refractivity contribution in [3.8, 4) is 0 Å². The summed E-state index contributed by atoms with van der Waals surface area (Å²) < 4.78 is 7.27. The van der Waals surface area contributed by atoms with Crippen LogP contribution in [-0.2, 0) is 11.3 Å². The van der Waals surface area contributed by atoms with E-state index < -0.39 is 5.97 Å². The Morgan fingerprint density at radius 3 is 2.75 bits per heavy atom. The lowest BCUT2D eigenvalue weighted by molar-refractivity contribution is 0.0523. The van der Waals surface area contributed by atoms with E-state index in [-0.39, 0.29) is 17.7 Å². The van der Waals surface area contributed by atoms with Crippen molar-refractivity contribution in [1.82, 2.24) is 9.55 Å². The molecule has 0 fully saturated rings. The average molecular weight is 339 g/mol. The van der Waals surface area contributed by atoms with E-state index in [2.05, 4.69) is 20.9 Å². The molecule has 0 saturated carbocycles. The SMILES string of the molecule is CCOC(=O)c1c(C)c2cc(Br)cnc2n(CC)c1=O. The average Bonchev–Trinajstić information content (AvgIpc) is 2.40. The highest BCUT2D eigenvalue weighted by atomic mass is 79.9. The van der Waals surface area contributed by atoms with Crippen LogP contribution in [0.3, 0.4) is 0 Å². The Labute approximate surface area is 124 Å². The van der Waals surface area contributed by atoms with E-state index in [1.807, 2.05) is 13.0 Å². The first kappa shape index (κ1) is 14.7. The predicted octanol–water partition coefficient (Wildman–Crippen LogP) is 2.66. The first-order valence-electron chi connectivity index (χ1n) is 6.37. The van der Waals surface area contributed by atoms with Gasteiger partial charge in [-0.15, -0.1) is 0 Å². The molecule has 2 rings (SSSR count). The molecule has 0 unspecified atom stereocenters. The topological polar surface area (TPSA) is 61.2 Å². The summed E-state index contributed by atoms with van der Waals surface area (Å²) in [6.45, 7) is 5.97. The number of carbonyl (C=O) groups is 1. The fourth-order valence-corrected chi connectivity index (χ4v) is 2.52. The summed E-state index contributed by atoms with van der Waals surface area (Å²) >= 11 is 3.36. The molecule has 0 aliphatic heterocycles. The van der Waals surface area contributed by atoms with Gasteiger partial charge < -0.3 is 4.74 Å². The predicted molar refractivity (Wildman–Crippen MR) is 80.1 cm³/mol. The molecule has 0 aliphatic rings. The summed E-state index contributed by atoms with van der Waals surface area (Å²) in [5.74, 6) is -0.584. The number of rotatable bonds is 3. The van der Waals surface area contributed by atoms with Crippen LogP contribution >= 0.6 is 15.9 Å². The van der Waals surface area contributed by atoms with Crippen molar-refractivity contribution in [3.63, 3.8) is 0 Å². The van der Waals surface area contributed by atoms with Gasteiger partial charge >= 0.3 is 5.97 Å². The Kier molecular flexibility index (Phi) is 4.23. The van der Waals surface area contributed by atoms with E-state index in [4.69, 9.17) is 4.74 Å². The number of aromatic nitrogens is 2. The van der Waals surface area contributed by atoms with Crippen molar-refractivity contribution in [3.05, 3.63) is 38.2 Å². The van der Waals surface area contributed by atoms with Crippen molar-refractivity contribution in [2.24, 2.45) is 0 Å². The zero-order valence-electron chi connectivity index (χ0n) is 11.6. The number of hydrogen-bond acceptors (Lipinski definition) is 4. The maximum absolute atomic E-state index is 12.4. The van der Waals surface area contributed by atoms with Crippen LogP contribution in [0.4, 0.5) is 0 Å². The second kappa shape index (κ2) is 5.75. The van der Waals surface area contributed by atoms with Gasteiger partial charge in [0.2, 0.25) is 0 Å². The molecule has 0 N–H and O–H groups in total. The van der Waals surface area contributed by atoms with E-state index in [9.17, 15) is 9.59 Å². The molecule has 20 heavy (non-hydrogen) atoms. The largest absolute Gasteiger partial charge is 0.462 e. The minimum Gasteiger partial charge on any atom is -0.462 e. The highest BCUT2D eigenvalue weighted by molar-refractivity contribution is 9.10. The van der Waals surface area contributed by atoms with Gasteiger partial charge in [-0.05, 0) is 48.3 Å². The summed E-state index contributed by atoms with van der Waals surface area (Å²) in [4.78, 5) is 28.7. The Bertz CT molecular complexity index is 737. The molecule has 106 valence electrons. The Hall–Kier alpha value is -1.69. The summed E-state index contributed by atoms with van der Waals surface area (Å²) in [5, 5.41) is 0.767. The molecule has 5 nitrogen and oxygen atoms in total. The van der Waals surface area contributed by atoms with Gasteiger partial charge in [0.05, 0.1) is 6.61 Å². The molecule has 0 aliphatic carbocycles. The maximum atomic E-state index is 12.4. The number of carbonyl (C=O) groups excluding carboxylic acids is 1. The van der Waals surface area contributed by atoms with E-state index >= 15 is 0 Å². The number of nitrogens with zero attached hydrogens (tertiary/aromatic N) is 2. The van der Waals surface area contributed by atoms with Crippen molar-refractivity contribution in [2.75, 3.05) is 6.61 Å². The number of pyridine rings is 2. The van der Waals surface area contributed by atoms with Gasteiger partial charge in [-0.3, -0.25) is 9.36 Å². The third kappa shape index (κ3) is 2.35. The van der Waals surface area contributed by atoms with Crippen LogP contribution in [0, 0.1) is 6.92 Å². The molecule has 0 bridgehead atoms. The lowest BCUT2D eigenvalue weighted by atomic mass is 10.1. The molecule has 6 heteroatoms. The molecule has 0 atom stereocenters. The van der Waals surface area contributed by atoms with Crippen LogP contribution in [0.15, 0.2) is 21.5 Å². The van der Waals surface area contributed by atoms with Crippen LogP contribution in [-0.4, -0.2) is 22.1 Å². The number of aryl methyl sites for hydroxylation is 2. The third-order valence-corrected chi connectivity index (χ3v) is 3.56. The smallest absolute Gasteiger partial charge is 0.344 e. The molecule has 0 saturated heterocycles. The standard InChI is InChI=1S/C14H15BrN2O3/c1-4-17-12-10(6-9(15)7-16-12)8(3)11(13(17)18)14(19)20-5-2/h6-7H,4-5H2,1-3H3. The van der Waals surface area contributed by atoms with Gasteiger partial charge in [0.1, 0.15) is 11.2 Å². The first-order chi connectivity index (χ1) is 9.51. The van der Waals surface area contributed by atoms with Crippen molar-refractivity contribution in [2.45, 2.75) is 27.3 Å². The molecule has 2 heterocycles. The van der Waals surface area contributed by atoms with Crippen LogP contribution < -0.4 is 5.56 Å². The normalized spacial score (nSPS) is 10.8. The van der Waals surface area contributed by atoms with E-state index in [0.717, 1.165) is 9.86 Å². The Balaban J connectivity index is 2.89. The van der Waals surface area contributed by atoms with Gasteiger partial charge in [0.15, 0.2) is 0 Å². The summed E-state index contributed by atoms with van der Waals surface area (Å²) in [7, 11) is 0. The Morgan fingerprint density at radius 2 is 2.15 bits per heavy atom. The van der Waals surface area contributed by atoms with Gasteiger partial charge in [-0.1, -0.05) is 0 Å². The Morgan fingerprint density at radius 1 is 1.45 bits per heavy atom. The van der Waals surface area contributed by atoms with Crippen molar-refractivity contribution < 1.29 is 9.53 Å². The zero-order valence-corrected chi connectivity index (χ0v) is 13.2. The van der Waals surface area contributed by atoms with Crippen LogP contribution in [0.25, 0.3) is 11.0 Å². The molecule has 0 amide bonds. The molecular weight excluding hydrogens is 324 g/mol. The zero-order chi connectivity index (χ0) is 14.9. The van der Waals surface area contributed by atoms with Crippen molar-refractivity contribution >= 4 is 32.9 Å². The van der Waals surface area contributed by atoms with Crippen molar-refractivity contribution in [1.29, 1.82) is 0 Å².